The van der Waals surface area contributed by atoms with Crippen LogP contribution in [0.2, 0.25) is 0 Å². The minimum Gasteiger partial charge on any atom is -0.491 e. The summed E-state index contributed by atoms with van der Waals surface area (Å²) in [5, 5.41) is 3.51. The monoisotopic (exact) mass is 318 g/mol. The van der Waals surface area contributed by atoms with E-state index < -0.39 is 5.60 Å². The number of nitrogens with zero attached hydrogens (tertiary/aromatic N) is 1. The number of fused-ring (bicyclic) bond motifs is 1. The molecule has 0 aliphatic carbocycles. The molecule has 5 nitrogen and oxygen atoms in total. The van der Waals surface area contributed by atoms with Gasteiger partial charge in [0.15, 0.2) is 0 Å². The SMILES string of the molecule is CC(C)(C)OC(=O)N1CCC2(CC1)CNc1ccccc1OC2. The fourth-order valence-electron chi connectivity index (χ4n) is 3.11. The topological polar surface area (TPSA) is 50.8 Å². The Labute approximate surface area is 137 Å². The molecule has 1 aromatic carbocycles. The minimum absolute atomic E-state index is 0.0809. The molecule has 2 aliphatic heterocycles. The van der Waals surface area contributed by atoms with Gasteiger partial charge in [-0.3, -0.25) is 0 Å². The van der Waals surface area contributed by atoms with Crippen LogP contribution in [0.15, 0.2) is 24.3 Å². The van der Waals surface area contributed by atoms with Crippen LogP contribution in [0.25, 0.3) is 0 Å². The number of para-hydroxylation sites is 2. The lowest BCUT2D eigenvalue weighted by molar-refractivity contribution is 0.00562. The van der Waals surface area contributed by atoms with E-state index in [0.717, 1.165) is 43.9 Å². The first-order valence-electron chi connectivity index (χ1n) is 8.31. The molecular formula is C18H26N2O3. The first-order chi connectivity index (χ1) is 10.9. The molecule has 0 unspecified atom stereocenters. The fraction of sp³-hybridized carbons (Fsp3) is 0.611. The van der Waals surface area contributed by atoms with Crippen molar-refractivity contribution in [2.24, 2.45) is 5.41 Å². The van der Waals surface area contributed by atoms with Crippen LogP contribution in [0.1, 0.15) is 33.6 Å². The van der Waals surface area contributed by atoms with Crippen molar-refractivity contribution in [3.8, 4) is 5.75 Å². The van der Waals surface area contributed by atoms with Gasteiger partial charge in [0.05, 0.1) is 12.3 Å². The smallest absolute Gasteiger partial charge is 0.410 e. The van der Waals surface area contributed by atoms with Crippen LogP contribution in [0.4, 0.5) is 10.5 Å². The molecule has 0 radical (unpaired) electrons. The predicted molar refractivity (Wildman–Crippen MR) is 89.9 cm³/mol. The first kappa shape index (κ1) is 16.0. The van der Waals surface area contributed by atoms with E-state index in [1.165, 1.54) is 0 Å². The Morgan fingerprint density at radius 3 is 2.65 bits per heavy atom. The summed E-state index contributed by atoms with van der Waals surface area (Å²) in [6.45, 7) is 8.71. The van der Waals surface area contributed by atoms with Gasteiger partial charge >= 0.3 is 6.09 Å². The minimum atomic E-state index is -0.444. The average Bonchev–Trinajstić information content (AvgIpc) is 2.67. The molecule has 2 aliphatic rings. The van der Waals surface area contributed by atoms with Gasteiger partial charge in [-0.1, -0.05) is 12.1 Å². The summed E-state index contributed by atoms with van der Waals surface area (Å²) in [7, 11) is 0. The molecule has 0 atom stereocenters. The lowest BCUT2D eigenvalue weighted by atomic mass is 9.79. The Hall–Kier alpha value is -1.91. The number of hydrogen-bond acceptors (Lipinski definition) is 4. The molecule has 23 heavy (non-hydrogen) atoms. The first-order valence-corrected chi connectivity index (χ1v) is 8.31. The molecule has 126 valence electrons. The van der Waals surface area contributed by atoms with E-state index in [1.807, 2.05) is 49.9 Å². The molecule has 1 N–H and O–H groups in total. The van der Waals surface area contributed by atoms with Crippen molar-refractivity contribution in [3.05, 3.63) is 24.3 Å². The van der Waals surface area contributed by atoms with E-state index >= 15 is 0 Å². The zero-order valence-corrected chi connectivity index (χ0v) is 14.2. The van der Waals surface area contributed by atoms with E-state index in [-0.39, 0.29) is 11.5 Å². The fourth-order valence-corrected chi connectivity index (χ4v) is 3.11. The quantitative estimate of drug-likeness (QED) is 0.795. The average molecular weight is 318 g/mol. The molecule has 1 fully saturated rings. The summed E-state index contributed by atoms with van der Waals surface area (Å²) in [4.78, 5) is 14.0. The summed E-state index contributed by atoms with van der Waals surface area (Å²) < 4.78 is 11.5. The van der Waals surface area contributed by atoms with Gasteiger partial charge in [0.2, 0.25) is 0 Å². The molecule has 0 saturated carbocycles. The van der Waals surface area contributed by atoms with Crippen molar-refractivity contribution < 1.29 is 14.3 Å². The third kappa shape index (κ3) is 3.71. The van der Waals surface area contributed by atoms with Gasteiger partial charge in [-0.2, -0.15) is 0 Å². The van der Waals surface area contributed by atoms with Crippen LogP contribution in [-0.2, 0) is 4.74 Å². The number of carbonyl (C=O) groups excluding carboxylic acids is 1. The number of carbonyl (C=O) groups is 1. The lowest BCUT2D eigenvalue weighted by Gasteiger charge is -2.40. The Morgan fingerprint density at radius 2 is 1.96 bits per heavy atom. The second kappa shape index (κ2) is 5.95. The third-order valence-electron chi connectivity index (χ3n) is 4.55. The number of ether oxygens (including phenoxy) is 2. The number of piperidine rings is 1. The Balaban J connectivity index is 1.60. The molecule has 1 saturated heterocycles. The van der Waals surface area contributed by atoms with E-state index in [2.05, 4.69) is 5.32 Å². The van der Waals surface area contributed by atoms with E-state index in [0.29, 0.717) is 6.61 Å². The number of hydrogen-bond donors (Lipinski definition) is 1. The molecule has 0 aromatic heterocycles. The lowest BCUT2D eigenvalue weighted by Crippen LogP contribution is -2.49. The zero-order chi connectivity index (χ0) is 16.5. The highest BCUT2D eigenvalue weighted by molar-refractivity contribution is 5.68. The second-order valence-electron chi connectivity index (χ2n) is 7.61. The Kier molecular flexibility index (Phi) is 4.13. The van der Waals surface area contributed by atoms with Crippen LogP contribution in [0.5, 0.6) is 5.75 Å². The second-order valence-corrected chi connectivity index (χ2v) is 7.61. The normalized spacial score (nSPS) is 20.0. The Morgan fingerprint density at radius 1 is 1.26 bits per heavy atom. The highest BCUT2D eigenvalue weighted by Crippen LogP contribution is 2.37. The standard InChI is InChI=1S/C18H26N2O3/c1-17(2,3)23-16(21)20-10-8-18(9-11-20)12-19-14-6-4-5-7-15(14)22-13-18/h4-7,19H,8-13H2,1-3H3. The van der Waals surface area contributed by atoms with Gasteiger partial charge < -0.3 is 19.7 Å². The predicted octanol–water partition coefficient (Wildman–Crippen LogP) is 3.51. The molecule has 5 heteroatoms. The highest BCUT2D eigenvalue weighted by atomic mass is 16.6. The number of amides is 1. The van der Waals surface area contributed by atoms with E-state index in [9.17, 15) is 4.79 Å². The van der Waals surface area contributed by atoms with Crippen molar-refractivity contribution in [3.63, 3.8) is 0 Å². The van der Waals surface area contributed by atoms with Gasteiger partial charge in [-0.15, -0.1) is 0 Å². The van der Waals surface area contributed by atoms with Crippen molar-refractivity contribution in [2.75, 3.05) is 31.6 Å². The molecule has 3 rings (SSSR count). The van der Waals surface area contributed by atoms with Gasteiger partial charge in [0.1, 0.15) is 11.4 Å². The van der Waals surface area contributed by atoms with Crippen molar-refractivity contribution in [1.29, 1.82) is 0 Å². The van der Waals surface area contributed by atoms with Gasteiger partial charge in [-0.05, 0) is 45.7 Å². The van der Waals surface area contributed by atoms with Crippen LogP contribution in [-0.4, -0.2) is 42.8 Å². The molecular weight excluding hydrogens is 292 g/mol. The summed E-state index contributed by atoms with van der Waals surface area (Å²) in [6.07, 6.45) is 1.64. The maximum absolute atomic E-state index is 12.2. The van der Waals surface area contributed by atoms with Crippen LogP contribution >= 0.6 is 0 Å². The van der Waals surface area contributed by atoms with E-state index in [4.69, 9.17) is 9.47 Å². The molecule has 1 spiro atoms. The maximum Gasteiger partial charge on any atom is 0.410 e. The Bertz CT molecular complexity index is 543. The number of likely N-dealkylation sites (tertiary alicyclic amines) is 1. The van der Waals surface area contributed by atoms with Gasteiger partial charge in [0.25, 0.3) is 0 Å². The molecule has 2 heterocycles. The number of anilines is 1. The number of nitrogens with one attached hydrogen (secondary N) is 1. The molecule has 1 aromatic rings. The van der Waals surface area contributed by atoms with Crippen LogP contribution < -0.4 is 10.1 Å². The summed E-state index contributed by atoms with van der Waals surface area (Å²) in [5.74, 6) is 0.916. The highest BCUT2D eigenvalue weighted by Gasteiger charge is 2.39. The van der Waals surface area contributed by atoms with E-state index in [1.54, 1.807) is 0 Å². The maximum atomic E-state index is 12.2. The van der Waals surface area contributed by atoms with Crippen molar-refractivity contribution in [2.45, 2.75) is 39.2 Å². The summed E-state index contributed by atoms with van der Waals surface area (Å²) >= 11 is 0. The largest absolute Gasteiger partial charge is 0.491 e. The van der Waals surface area contributed by atoms with Gasteiger partial charge in [-0.25, -0.2) is 4.79 Å². The van der Waals surface area contributed by atoms with Crippen LogP contribution in [0, 0.1) is 5.41 Å². The van der Waals surface area contributed by atoms with Crippen molar-refractivity contribution in [1.82, 2.24) is 4.90 Å². The number of benzene rings is 1. The summed E-state index contributed by atoms with van der Waals surface area (Å²) in [5.41, 5.74) is 0.692. The number of rotatable bonds is 0. The summed E-state index contributed by atoms with van der Waals surface area (Å²) in [6, 6.07) is 8.04. The zero-order valence-electron chi connectivity index (χ0n) is 14.2. The van der Waals surface area contributed by atoms with Gasteiger partial charge in [0, 0.05) is 25.0 Å². The molecule has 1 amide bonds. The third-order valence-corrected chi connectivity index (χ3v) is 4.55. The van der Waals surface area contributed by atoms with Crippen LogP contribution in [0.3, 0.4) is 0 Å². The van der Waals surface area contributed by atoms with Crippen molar-refractivity contribution >= 4 is 11.8 Å². The molecule has 0 bridgehead atoms.